The highest BCUT2D eigenvalue weighted by molar-refractivity contribution is 5.49. The number of aryl methyl sites for hydroxylation is 1. The summed E-state index contributed by atoms with van der Waals surface area (Å²) in [7, 11) is 1.65. The summed E-state index contributed by atoms with van der Waals surface area (Å²) in [4.78, 5) is 0. The van der Waals surface area contributed by atoms with Crippen LogP contribution >= 0.6 is 0 Å². The highest BCUT2D eigenvalue weighted by Crippen LogP contribution is 2.63. The molecule has 2 fully saturated rings. The number of fused-ring (bicyclic) bond motifs is 5. The number of methoxy groups -OCH3 is 1. The number of ether oxygens (including phenoxy) is 1. The smallest absolute Gasteiger partial charge is 0.160 e. The van der Waals surface area contributed by atoms with E-state index in [4.69, 9.17) is 4.74 Å². The standard InChI is InChI=1S/C20H28O2/c1-12-4-7-17-15-6-5-13-10-18(21)19(22-3)11-16(13)14(15)8-9-20(12,17)2/h10-12,14-15,17,21H,4-9H2,1-3H3. The van der Waals surface area contributed by atoms with Gasteiger partial charge in [0.2, 0.25) is 0 Å². The third-order valence-electron chi connectivity index (χ3n) is 7.50. The van der Waals surface area contributed by atoms with E-state index in [-0.39, 0.29) is 0 Å². The Bertz CT molecular complexity index is 594. The Morgan fingerprint density at radius 2 is 2.00 bits per heavy atom. The molecular weight excluding hydrogens is 272 g/mol. The molecule has 1 N–H and O–H groups in total. The summed E-state index contributed by atoms with van der Waals surface area (Å²) < 4.78 is 5.36. The van der Waals surface area contributed by atoms with Gasteiger partial charge in [0.05, 0.1) is 7.11 Å². The fourth-order valence-corrected chi connectivity index (χ4v) is 6.01. The third-order valence-corrected chi connectivity index (χ3v) is 7.50. The molecule has 0 heterocycles. The van der Waals surface area contributed by atoms with Crippen LogP contribution in [0, 0.1) is 23.2 Å². The lowest BCUT2D eigenvalue weighted by Gasteiger charge is -2.50. The number of benzene rings is 1. The van der Waals surface area contributed by atoms with E-state index in [1.807, 2.05) is 6.07 Å². The number of aromatic hydroxyl groups is 1. The van der Waals surface area contributed by atoms with E-state index in [2.05, 4.69) is 19.9 Å². The van der Waals surface area contributed by atoms with Crippen molar-refractivity contribution in [1.29, 1.82) is 0 Å². The summed E-state index contributed by atoms with van der Waals surface area (Å²) in [6.45, 7) is 5.02. The predicted molar refractivity (Wildman–Crippen MR) is 88.4 cm³/mol. The largest absolute Gasteiger partial charge is 0.504 e. The fourth-order valence-electron chi connectivity index (χ4n) is 6.01. The van der Waals surface area contributed by atoms with Gasteiger partial charge in [-0.3, -0.25) is 0 Å². The summed E-state index contributed by atoms with van der Waals surface area (Å²) in [5.74, 6) is 4.25. The van der Waals surface area contributed by atoms with Crippen LogP contribution in [0.15, 0.2) is 12.1 Å². The zero-order valence-corrected chi connectivity index (χ0v) is 14.1. The lowest BCUT2D eigenvalue weighted by Crippen LogP contribution is -2.41. The van der Waals surface area contributed by atoms with Crippen LogP contribution in [0.4, 0.5) is 0 Å². The van der Waals surface area contributed by atoms with E-state index < -0.39 is 0 Å². The highest BCUT2D eigenvalue weighted by Gasteiger charge is 2.53. The van der Waals surface area contributed by atoms with Crippen molar-refractivity contribution >= 4 is 0 Å². The molecule has 0 bridgehead atoms. The summed E-state index contributed by atoms with van der Waals surface area (Å²) in [5.41, 5.74) is 3.39. The zero-order chi connectivity index (χ0) is 15.5. The van der Waals surface area contributed by atoms with E-state index >= 15 is 0 Å². The SMILES string of the molecule is COc1cc2c(cc1O)CCC1C2CCC2(C)C(C)CCC12. The summed E-state index contributed by atoms with van der Waals surface area (Å²) in [5, 5.41) is 10.1. The number of hydrogen-bond donors (Lipinski definition) is 1. The molecule has 2 saturated carbocycles. The first-order valence-electron chi connectivity index (χ1n) is 8.94. The van der Waals surface area contributed by atoms with Crippen LogP contribution in [-0.4, -0.2) is 12.2 Å². The second-order valence-electron chi connectivity index (χ2n) is 8.16. The van der Waals surface area contributed by atoms with Crippen molar-refractivity contribution in [2.45, 2.75) is 58.3 Å². The van der Waals surface area contributed by atoms with Gasteiger partial charge in [-0.15, -0.1) is 0 Å². The fraction of sp³-hybridized carbons (Fsp3) is 0.700. The number of rotatable bonds is 1. The van der Waals surface area contributed by atoms with Crippen molar-refractivity contribution in [3.63, 3.8) is 0 Å². The van der Waals surface area contributed by atoms with Crippen molar-refractivity contribution in [1.82, 2.24) is 0 Å². The molecule has 22 heavy (non-hydrogen) atoms. The maximum atomic E-state index is 10.1. The van der Waals surface area contributed by atoms with Crippen LogP contribution in [0.25, 0.3) is 0 Å². The van der Waals surface area contributed by atoms with Gasteiger partial charge < -0.3 is 9.84 Å². The number of phenolic OH excluding ortho intramolecular Hbond substituents is 1. The molecule has 0 saturated heterocycles. The Morgan fingerprint density at radius 1 is 1.18 bits per heavy atom. The van der Waals surface area contributed by atoms with Crippen molar-refractivity contribution < 1.29 is 9.84 Å². The molecule has 5 unspecified atom stereocenters. The lowest BCUT2D eigenvalue weighted by molar-refractivity contribution is 0.0336. The lowest BCUT2D eigenvalue weighted by atomic mass is 9.54. The minimum absolute atomic E-state index is 0.301. The molecule has 1 aromatic rings. The number of hydrogen-bond acceptors (Lipinski definition) is 2. The first-order valence-corrected chi connectivity index (χ1v) is 8.94. The van der Waals surface area contributed by atoms with Gasteiger partial charge in [0.1, 0.15) is 0 Å². The van der Waals surface area contributed by atoms with Crippen molar-refractivity contribution in [3.05, 3.63) is 23.3 Å². The Balaban J connectivity index is 1.72. The van der Waals surface area contributed by atoms with E-state index in [1.165, 1.54) is 43.2 Å². The van der Waals surface area contributed by atoms with Gasteiger partial charge in [0.25, 0.3) is 0 Å². The molecule has 2 heteroatoms. The Morgan fingerprint density at radius 3 is 2.77 bits per heavy atom. The maximum Gasteiger partial charge on any atom is 0.160 e. The van der Waals surface area contributed by atoms with Gasteiger partial charge in [0.15, 0.2) is 11.5 Å². The van der Waals surface area contributed by atoms with Crippen LogP contribution in [0.5, 0.6) is 11.5 Å². The highest BCUT2D eigenvalue weighted by atomic mass is 16.5. The summed E-state index contributed by atoms with van der Waals surface area (Å²) in [6.07, 6.45) is 7.93. The van der Waals surface area contributed by atoms with Gasteiger partial charge in [0, 0.05) is 0 Å². The number of phenols is 1. The summed E-state index contributed by atoms with van der Waals surface area (Å²) >= 11 is 0. The molecule has 0 radical (unpaired) electrons. The van der Waals surface area contributed by atoms with E-state index in [0.29, 0.717) is 22.8 Å². The normalized spacial score (nSPS) is 39.8. The average Bonchev–Trinajstić information content (AvgIpc) is 2.82. The van der Waals surface area contributed by atoms with Crippen molar-refractivity contribution in [2.24, 2.45) is 23.2 Å². The maximum absolute atomic E-state index is 10.1. The Hall–Kier alpha value is -1.18. The van der Waals surface area contributed by atoms with Crippen molar-refractivity contribution in [2.75, 3.05) is 7.11 Å². The molecule has 0 spiro atoms. The minimum atomic E-state index is 0.301. The van der Waals surface area contributed by atoms with Crippen LogP contribution < -0.4 is 4.74 Å². The molecule has 1 aromatic carbocycles. The summed E-state index contributed by atoms with van der Waals surface area (Å²) in [6, 6.07) is 4.08. The first-order chi connectivity index (χ1) is 10.5. The molecule has 0 amide bonds. The van der Waals surface area contributed by atoms with Gasteiger partial charge in [-0.25, -0.2) is 0 Å². The first kappa shape index (κ1) is 14.4. The molecule has 5 atom stereocenters. The Kier molecular flexibility index (Phi) is 3.22. The Labute approximate surface area is 133 Å². The molecule has 0 aliphatic heterocycles. The second kappa shape index (κ2) is 4.91. The molecular formula is C20H28O2. The molecule has 120 valence electrons. The average molecular weight is 300 g/mol. The second-order valence-corrected chi connectivity index (χ2v) is 8.16. The molecule has 3 aliphatic carbocycles. The van der Waals surface area contributed by atoms with Crippen LogP contribution in [0.3, 0.4) is 0 Å². The topological polar surface area (TPSA) is 29.5 Å². The monoisotopic (exact) mass is 300 g/mol. The van der Waals surface area contributed by atoms with E-state index in [9.17, 15) is 5.11 Å². The minimum Gasteiger partial charge on any atom is -0.504 e. The van der Waals surface area contributed by atoms with Crippen LogP contribution in [0.1, 0.15) is 63.0 Å². The molecule has 2 nitrogen and oxygen atoms in total. The third kappa shape index (κ3) is 1.85. The van der Waals surface area contributed by atoms with Gasteiger partial charge in [-0.1, -0.05) is 13.8 Å². The van der Waals surface area contributed by atoms with Crippen molar-refractivity contribution in [3.8, 4) is 11.5 Å². The van der Waals surface area contributed by atoms with Gasteiger partial charge in [-0.05, 0) is 90.9 Å². The zero-order valence-electron chi connectivity index (χ0n) is 14.1. The van der Waals surface area contributed by atoms with E-state index in [0.717, 1.165) is 24.2 Å². The molecule has 4 rings (SSSR count). The van der Waals surface area contributed by atoms with E-state index in [1.54, 1.807) is 7.11 Å². The van der Waals surface area contributed by atoms with Crippen LogP contribution in [0.2, 0.25) is 0 Å². The van der Waals surface area contributed by atoms with Gasteiger partial charge >= 0.3 is 0 Å². The van der Waals surface area contributed by atoms with Gasteiger partial charge in [-0.2, -0.15) is 0 Å². The quantitative estimate of drug-likeness (QED) is 0.800. The molecule has 0 aromatic heterocycles. The van der Waals surface area contributed by atoms with Crippen LogP contribution in [-0.2, 0) is 6.42 Å². The predicted octanol–water partition coefficient (Wildman–Crippen LogP) is 4.89. The molecule has 3 aliphatic rings.